The molecule has 0 aromatic heterocycles. The monoisotopic (exact) mass is 431 g/mol. The zero-order valence-electron chi connectivity index (χ0n) is 17.1. The van der Waals surface area contributed by atoms with Crippen LogP contribution in [0.5, 0.6) is 11.5 Å². The molecule has 0 radical (unpaired) electrons. The van der Waals surface area contributed by atoms with Crippen LogP contribution in [0.1, 0.15) is 17.5 Å². The second kappa shape index (κ2) is 10.3. The molecule has 3 rings (SSSR count). The molecule has 1 fully saturated rings. The zero-order chi connectivity index (χ0) is 21.5. The minimum absolute atomic E-state index is 0.0681. The fraction of sp³-hybridized carbons (Fsp3) is 0.364. The van der Waals surface area contributed by atoms with E-state index in [9.17, 15) is 9.59 Å². The van der Waals surface area contributed by atoms with Crippen LogP contribution >= 0.6 is 11.6 Å². The summed E-state index contributed by atoms with van der Waals surface area (Å²) in [5, 5.41) is 6.34. The van der Waals surface area contributed by atoms with Crippen molar-refractivity contribution >= 4 is 23.4 Å². The summed E-state index contributed by atoms with van der Waals surface area (Å²) in [4.78, 5) is 27.1. The lowest BCUT2D eigenvalue weighted by atomic mass is 10.1. The third kappa shape index (κ3) is 5.43. The van der Waals surface area contributed by atoms with Crippen LogP contribution in [0, 0.1) is 0 Å². The maximum atomic E-state index is 12.5. The average Bonchev–Trinajstić information content (AvgIpc) is 2.74. The summed E-state index contributed by atoms with van der Waals surface area (Å²) in [5.74, 6) is 0.920. The third-order valence-electron chi connectivity index (χ3n) is 5.06. The highest BCUT2D eigenvalue weighted by Gasteiger charge is 2.32. The lowest BCUT2D eigenvalue weighted by Crippen LogP contribution is -2.56. The summed E-state index contributed by atoms with van der Waals surface area (Å²) in [6.07, 6.45) is 0.0681. The number of hydrogen-bond donors (Lipinski definition) is 2. The number of carbonyl (C=O) groups excluding carboxylic acids is 2. The largest absolute Gasteiger partial charge is 0.493 e. The van der Waals surface area contributed by atoms with Crippen molar-refractivity contribution in [3.63, 3.8) is 0 Å². The number of nitrogens with one attached hydrogen (secondary N) is 2. The minimum atomic E-state index is -0.561. The second-order valence-corrected chi connectivity index (χ2v) is 7.48. The molecule has 2 amide bonds. The topological polar surface area (TPSA) is 79.9 Å². The van der Waals surface area contributed by atoms with Crippen molar-refractivity contribution in [3.8, 4) is 11.5 Å². The molecule has 0 spiro atoms. The van der Waals surface area contributed by atoms with Gasteiger partial charge in [-0.05, 0) is 23.8 Å². The van der Waals surface area contributed by atoms with Gasteiger partial charge in [-0.25, -0.2) is 0 Å². The van der Waals surface area contributed by atoms with E-state index in [1.54, 1.807) is 26.4 Å². The van der Waals surface area contributed by atoms with Gasteiger partial charge >= 0.3 is 0 Å². The summed E-state index contributed by atoms with van der Waals surface area (Å²) in [5.41, 5.74) is 1.80. The Morgan fingerprint density at radius 3 is 2.77 bits per heavy atom. The van der Waals surface area contributed by atoms with Gasteiger partial charge in [-0.2, -0.15) is 0 Å². The van der Waals surface area contributed by atoms with Gasteiger partial charge in [0.05, 0.1) is 26.7 Å². The number of methoxy groups -OCH3 is 2. The zero-order valence-corrected chi connectivity index (χ0v) is 17.9. The standard InChI is InChI=1S/C22H26ClN3O4/c1-29-19-8-4-6-16(21(19)30-2)14-26-10-9-24-22(28)18(26)12-20(27)25-13-15-5-3-7-17(23)11-15/h3-8,11,18H,9-10,12-14H2,1-2H3,(H,24,28)(H,25,27). The molecule has 30 heavy (non-hydrogen) atoms. The van der Waals surface area contributed by atoms with E-state index in [0.717, 1.165) is 11.1 Å². The quantitative estimate of drug-likeness (QED) is 0.670. The van der Waals surface area contributed by atoms with E-state index in [2.05, 4.69) is 10.6 Å². The number of ether oxygens (including phenoxy) is 2. The third-order valence-corrected chi connectivity index (χ3v) is 5.29. The van der Waals surface area contributed by atoms with Crippen LogP contribution in [-0.2, 0) is 22.7 Å². The maximum Gasteiger partial charge on any atom is 0.237 e. The Labute approximate surface area is 181 Å². The van der Waals surface area contributed by atoms with E-state index >= 15 is 0 Å². The molecule has 1 aliphatic rings. The van der Waals surface area contributed by atoms with Crippen molar-refractivity contribution in [1.29, 1.82) is 0 Å². The van der Waals surface area contributed by atoms with Crippen LogP contribution in [0.25, 0.3) is 0 Å². The Morgan fingerprint density at radius 2 is 2.03 bits per heavy atom. The molecular formula is C22H26ClN3O4. The predicted octanol–water partition coefficient (Wildman–Crippen LogP) is 2.36. The van der Waals surface area contributed by atoms with Gasteiger partial charge in [0.2, 0.25) is 11.8 Å². The molecule has 1 atom stereocenters. The van der Waals surface area contributed by atoms with E-state index in [-0.39, 0.29) is 18.2 Å². The lowest BCUT2D eigenvalue weighted by molar-refractivity contribution is -0.134. The molecule has 1 heterocycles. The van der Waals surface area contributed by atoms with Crippen molar-refractivity contribution in [3.05, 3.63) is 58.6 Å². The Balaban J connectivity index is 1.67. The Morgan fingerprint density at radius 1 is 1.23 bits per heavy atom. The SMILES string of the molecule is COc1cccc(CN2CCNC(=O)C2CC(=O)NCc2cccc(Cl)c2)c1OC. The maximum absolute atomic E-state index is 12.5. The molecule has 2 aromatic carbocycles. The van der Waals surface area contributed by atoms with Gasteiger partial charge < -0.3 is 20.1 Å². The van der Waals surface area contributed by atoms with Crippen LogP contribution in [0.2, 0.25) is 5.02 Å². The average molecular weight is 432 g/mol. The molecule has 2 N–H and O–H groups in total. The highest BCUT2D eigenvalue weighted by molar-refractivity contribution is 6.30. The van der Waals surface area contributed by atoms with Crippen molar-refractivity contribution in [2.75, 3.05) is 27.3 Å². The molecule has 1 aliphatic heterocycles. The first-order valence-electron chi connectivity index (χ1n) is 9.74. The van der Waals surface area contributed by atoms with Gasteiger partial charge in [0.25, 0.3) is 0 Å². The number of benzene rings is 2. The highest BCUT2D eigenvalue weighted by Crippen LogP contribution is 2.32. The molecule has 1 unspecified atom stereocenters. The molecule has 0 aliphatic carbocycles. The number of hydrogen-bond acceptors (Lipinski definition) is 5. The van der Waals surface area contributed by atoms with Crippen LogP contribution < -0.4 is 20.1 Å². The van der Waals surface area contributed by atoms with Crippen molar-refractivity contribution in [1.82, 2.24) is 15.5 Å². The lowest BCUT2D eigenvalue weighted by Gasteiger charge is -2.35. The summed E-state index contributed by atoms with van der Waals surface area (Å²) >= 11 is 5.99. The fourth-order valence-electron chi connectivity index (χ4n) is 3.57. The smallest absolute Gasteiger partial charge is 0.237 e. The Kier molecular flexibility index (Phi) is 7.54. The van der Waals surface area contributed by atoms with E-state index in [1.165, 1.54) is 0 Å². The molecular weight excluding hydrogens is 406 g/mol. The molecule has 2 aromatic rings. The summed E-state index contributed by atoms with van der Waals surface area (Å²) in [7, 11) is 3.17. The first-order chi connectivity index (χ1) is 14.5. The number of carbonyl (C=O) groups is 2. The van der Waals surface area contributed by atoms with Crippen LogP contribution in [-0.4, -0.2) is 50.1 Å². The number of halogens is 1. The van der Waals surface area contributed by atoms with Crippen LogP contribution in [0.3, 0.4) is 0 Å². The molecule has 8 heteroatoms. The van der Waals surface area contributed by atoms with Gasteiger partial charge in [-0.15, -0.1) is 0 Å². The summed E-state index contributed by atoms with van der Waals surface area (Å²) in [6.45, 7) is 2.00. The van der Waals surface area contributed by atoms with E-state index < -0.39 is 6.04 Å². The molecule has 0 saturated carbocycles. The van der Waals surface area contributed by atoms with Gasteiger partial charge in [0.15, 0.2) is 11.5 Å². The van der Waals surface area contributed by atoms with Gasteiger partial charge in [0, 0.05) is 36.8 Å². The van der Waals surface area contributed by atoms with E-state index in [4.69, 9.17) is 21.1 Å². The fourth-order valence-corrected chi connectivity index (χ4v) is 3.78. The second-order valence-electron chi connectivity index (χ2n) is 7.04. The Bertz CT molecular complexity index is 906. The first kappa shape index (κ1) is 21.9. The molecule has 0 bridgehead atoms. The Hall–Kier alpha value is -2.77. The van der Waals surface area contributed by atoms with Gasteiger partial charge in [-0.1, -0.05) is 35.9 Å². The van der Waals surface area contributed by atoms with E-state index in [1.807, 2.05) is 35.2 Å². The number of piperazine rings is 1. The normalized spacial score (nSPS) is 16.6. The first-order valence-corrected chi connectivity index (χ1v) is 10.1. The highest BCUT2D eigenvalue weighted by atomic mass is 35.5. The summed E-state index contributed by atoms with van der Waals surface area (Å²) in [6, 6.07) is 12.4. The molecule has 7 nitrogen and oxygen atoms in total. The number of para-hydroxylation sites is 1. The van der Waals surface area contributed by atoms with E-state index in [0.29, 0.717) is 42.7 Å². The number of nitrogens with zero attached hydrogens (tertiary/aromatic N) is 1. The van der Waals surface area contributed by atoms with Crippen molar-refractivity contribution in [2.45, 2.75) is 25.6 Å². The van der Waals surface area contributed by atoms with Crippen LogP contribution in [0.15, 0.2) is 42.5 Å². The minimum Gasteiger partial charge on any atom is -0.493 e. The molecule has 160 valence electrons. The van der Waals surface area contributed by atoms with Crippen LogP contribution in [0.4, 0.5) is 0 Å². The van der Waals surface area contributed by atoms with Crippen molar-refractivity contribution in [2.24, 2.45) is 0 Å². The van der Waals surface area contributed by atoms with Crippen molar-refractivity contribution < 1.29 is 19.1 Å². The number of amides is 2. The number of rotatable bonds is 8. The molecule has 1 saturated heterocycles. The summed E-state index contributed by atoms with van der Waals surface area (Å²) < 4.78 is 10.9. The van der Waals surface area contributed by atoms with Gasteiger partial charge in [0.1, 0.15) is 0 Å². The van der Waals surface area contributed by atoms with Gasteiger partial charge in [-0.3, -0.25) is 14.5 Å². The predicted molar refractivity (Wildman–Crippen MR) is 115 cm³/mol.